The smallest absolute Gasteiger partial charge is 0.213 e. The number of hydrogen-bond donors (Lipinski definition) is 3. The predicted molar refractivity (Wildman–Crippen MR) is 110 cm³/mol. The van der Waals surface area contributed by atoms with Crippen LogP contribution in [0, 0.1) is 11.6 Å². The molecule has 0 bridgehead atoms. The minimum atomic E-state index is -3.37. The highest BCUT2D eigenvalue weighted by Crippen LogP contribution is 2.30. The molecule has 9 heteroatoms. The molecule has 0 fully saturated rings. The molecule has 2 aromatic carbocycles. The van der Waals surface area contributed by atoms with E-state index in [1.807, 2.05) is 0 Å². The molecule has 0 aliphatic rings. The van der Waals surface area contributed by atoms with E-state index in [1.165, 1.54) is 25.4 Å². The van der Waals surface area contributed by atoms with Crippen molar-refractivity contribution in [2.45, 2.75) is 0 Å². The predicted octanol–water partition coefficient (Wildman–Crippen LogP) is 2.59. The molecule has 28 heavy (non-hydrogen) atoms. The Labute approximate surface area is 163 Å². The Morgan fingerprint density at radius 1 is 1.25 bits per heavy atom. The maximum absolute atomic E-state index is 14.2. The van der Waals surface area contributed by atoms with E-state index >= 15 is 0 Å². The van der Waals surface area contributed by atoms with Crippen molar-refractivity contribution in [2.24, 2.45) is 10.7 Å². The molecule has 0 unspecified atom stereocenters. The van der Waals surface area contributed by atoms with E-state index in [2.05, 4.69) is 15.0 Å². The van der Waals surface area contributed by atoms with Gasteiger partial charge in [0.2, 0.25) is 10.0 Å². The van der Waals surface area contributed by atoms with Gasteiger partial charge in [0.05, 0.1) is 5.75 Å². The summed E-state index contributed by atoms with van der Waals surface area (Å²) < 4.78 is 53.1. The zero-order chi connectivity index (χ0) is 20.7. The Morgan fingerprint density at radius 2 is 2.00 bits per heavy atom. The Morgan fingerprint density at radius 3 is 2.68 bits per heavy atom. The molecule has 0 aliphatic heterocycles. The maximum Gasteiger partial charge on any atom is 0.213 e. The number of halogens is 2. The fraction of sp³-hybridized carbons (Fsp3) is 0.211. The van der Waals surface area contributed by atoms with Crippen molar-refractivity contribution in [2.75, 3.05) is 31.7 Å². The lowest BCUT2D eigenvalue weighted by atomic mass is 9.99. The van der Waals surface area contributed by atoms with Crippen molar-refractivity contribution in [1.29, 1.82) is 0 Å². The van der Waals surface area contributed by atoms with Gasteiger partial charge in [0.1, 0.15) is 0 Å². The molecule has 4 N–H and O–H groups in total. The van der Waals surface area contributed by atoms with Gasteiger partial charge in [0.25, 0.3) is 0 Å². The molecule has 0 radical (unpaired) electrons. The van der Waals surface area contributed by atoms with Crippen molar-refractivity contribution in [1.82, 2.24) is 4.72 Å². The van der Waals surface area contributed by atoms with Crippen LogP contribution in [-0.4, -0.2) is 41.0 Å². The van der Waals surface area contributed by atoms with Crippen LogP contribution in [0.4, 0.5) is 14.5 Å². The van der Waals surface area contributed by atoms with Gasteiger partial charge >= 0.3 is 0 Å². The van der Waals surface area contributed by atoms with Gasteiger partial charge in [-0.3, -0.25) is 4.99 Å². The number of nitrogens with zero attached hydrogens (tertiary/aromatic N) is 1. The highest BCUT2D eigenvalue weighted by molar-refractivity contribution is 7.89. The van der Waals surface area contributed by atoms with Gasteiger partial charge < -0.3 is 11.1 Å². The average molecular weight is 408 g/mol. The first-order valence-corrected chi connectivity index (χ1v) is 10.1. The second kappa shape index (κ2) is 9.43. The molecule has 0 aromatic heterocycles. The van der Waals surface area contributed by atoms with E-state index in [-0.39, 0.29) is 17.9 Å². The molecule has 0 heterocycles. The van der Waals surface area contributed by atoms with Crippen LogP contribution in [0.5, 0.6) is 0 Å². The van der Waals surface area contributed by atoms with Crippen LogP contribution in [0.2, 0.25) is 0 Å². The molecule has 0 spiro atoms. The van der Waals surface area contributed by atoms with Crippen LogP contribution >= 0.6 is 0 Å². The Balaban J connectivity index is 2.44. The number of aliphatic imine (C=N–C) groups is 1. The first-order chi connectivity index (χ1) is 13.3. The highest BCUT2D eigenvalue weighted by atomic mass is 32.2. The summed E-state index contributed by atoms with van der Waals surface area (Å²) in [6.07, 6.45) is 3.07. The molecule has 150 valence electrons. The van der Waals surface area contributed by atoms with Crippen molar-refractivity contribution in [3.63, 3.8) is 0 Å². The number of nitrogens with two attached hydrogens (primary N) is 1. The second-order valence-corrected chi connectivity index (χ2v) is 7.89. The zero-order valence-corrected chi connectivity index (χ0v) is 16.4. The number of sulfonamides is 1. The summed E-state index contributed by atoms with van der Waals surface area (Å²) in [4.78, 5) is 3.84. The largest absolute Gasteiger partial charge is 0.398 e. The maximum atomic E-state index is 14.2. The number of hydrogen-bond acceptors (Lipinski definition) is 5. The SMILES string of the molecule is CN=CC=C(N)c1cc(-c2cccc(F)c2F)ccc1NCCS(=O)(=O)NC. The topological polar surface area (TPSA) is 96.6 Å². The molecular formula is C19H22F2N4O2S. The van der Waals surface area contributed by atoms with Gasteiger partial charge in [0.15, 0.2) is 11.6 Å². The van der Waals surface area contributed by atoms with Crippen molar-refractivity contribution >= 4 is 27.6 Å². The van der Waals surface area contributed by atoms with Gasteiger partial charge in [-0.15, -0.1) is 0 Å². The van der Waals surface area contributed by atoms with E-state index < -0.39 is 21.7 Å². The summed E-state index contributed by atoms with van der Waals surface area (Å²) in [7, 11) is -0.441. The summed E-state index contributed by atoms with van der Waals surface area (Å²) in [6.45, 7) is 0.138. The Hall–Kier alpha value is -2.78. The zero-order valence-electron chi connectivity index (χ0n) is 15.5. The number of nitrogens with one attached hydrogen (secondary N) is 2. The molecule has 0 amide bonds. The van der Waals surface area contributed by atoms with Crippen LogP contribution in [0.1, 0.15) is 5.56 Å². The Kier molecular flexibility index (Phi) is 7.24. The molecule has 2 rings (SSSR count). The minimum absolute atomic E-state index is 0.0996. The monoisotopic (exact) mass is 408 g/mol. The average Bonchev–Trinajstić information content (AvgIpc) is 2.68. The fourth-order valence-electron chi connectivity index (χ4n) is 2.50. The van der Waals surface area contributed by atoms with Crippen molar-refractivity contribution < 1.29 is 17.2 Å². The lowest BCUT2D eigenvalue weighted by molar-refractivity contribution is 0.511. The second-order valence-electron chi connectivity index (χ2n) is 5.84. The third-order valence-electron chi connectivity index (χ3n) is 3.99. The molecule has 0 saturated carbocycles. The third kappa shape index (κ3) is 5.37. The van der Waals surface area contributed by atoms with Gasteiger partial charge in [0, 0.05) is 42.3 Å². The van der Waals surface area contributed by atoms with Crippen LogP contribution in [0.3, 0.4) is 0 Å². The molecule has 2 aromatic rings. The summed E-state index contributed by atoms with van der Waals surface area (Å²) in [5.74, 6) is -2.03. The molecule has 0 saturated heterocycles. The van der Waals surface area contributed by atoms with Crippen LogP contribution in [0.15, 0.2) is 47.5 Å². The molecule has 6 nitrogen and oxygen atoms in total. The summed E-state index contributed by atoms with van der Waals surface area (Å²) in [6, 6.07) is 8.80. The van der Waals surface area contributed by atoms with Crippen molar-refractivity contribution in [3.05, 3.63) is 59.7 Å². The number of rotatable bonds is 8. The van der Waals surface area contributed by atoms with E-state index in [0.29, 0.717) is 22.5 Å². The fourth-order valence-corrected chi connectivity index (χ4v) is 3.07. The third-order valence-corrected chi connectivity index (χ3v) is 5.36. The summed E-state index contributed by atoms with van der Waals surface area (Å²) in [5.41, 5.74) is 8.06. The first kappa shape index (κ1) is 21.5. The van der Waals surface area contributed by atoms with Crippen LogP contribution in [0.25, 0.3) is 16.8 Å². The lowest BCUT2D eigenvalue weighted by Crippen LogP contribution is -2.26. The number of allylic oxidation sites excluding steroid dienone is 1. The number of anilines is 1. The van der Waals surface area contributed by atoms with E-state index in [0.717, 1.165) is 6.07 Å². The quantitative estimate of drug-likeness (QED) is 0.585. The van der Waals surface area contributed by atoms with Crippen LogP contribution < -0.4 is 15.8 Å². The number of benzene rings is 2. The molecular weight excluding hydrogens is 386 g/mol. The summed E-state index contributed by atoms with van der Waals surface area (Å²) in [5, 5.41) is 3.01. The highest BCUT2D eigenvalue weighted by Gasteiger charge is 2.14. The molecule has 0 atom stereocenters. The van der Waals surface area contributed by atoms with E-state index in [1.54, 1.807) is 31.3 Å². The standard InChI is InChI=1S/C19H22F2N4O2S/c1-23-9-8-17(22)15-12-13(14-4-3-5-16(20)19(14)21)6-7-18(15)25-10-11-28(26,27)24-2/h3-9,12,24-25H,10-11,22H2,1-2H3. The van der Waals surface area contributed by atoms with Crippen LogP contribution in [-0.2, 0) is 10.0 Å². The Bertz CT molecular complexity index is 1000. The van der Waals surface area contributed by atoms with E-state index in [9.17, 15) is 17.2 Å². The van der Waals surface area contributed by atoms with Gasteiger partial charge in [-0.05, 0) is 36.9 Å². The summed E-state index contributed by atoms with van der Waals surface area (Å²) >= 11 is 0. The molecule has 0 aliphatic carbocycles. The normalized spacial score (nSPS) is 12.5. The van der Waals surface area contributed by atoms with Gasteiger partial charge in [-0.1, -0.05) is 18.2 Å². The first-order valence-electron chi connectivity index (χ1n) is 8.41. The lowest BCUT2D eigenvalue weighted by Gasteiger charge is -2.15. The van der Waals surface area contributed by atoms with Gasteiger partial charge in [-0.25, -0.2) is 21.9 Å². The van der Waals surface area contributed by atoms with Gasteiger partial charge in [-0.2, -0.15) is 0 Å². The van der Waals surface area contributed by atoms with Crippen molar-refractivity contribution in [3.8, 4) is 11.1 Å². The van der Waals surface area contributed by atoms with E-state index in [4.69, 9.17) is 5.73 Å². The minimum Gasteiger partial charge on any atom is -0.398 e.